The van der Waals surface area contributed by atoms with Crippen LogP contribution in [-0.2, 0) is 11.3 Å². The minimum absolute atomic E-state index is 0.00919. The number of nitrogens with zero attached hydrogens (tertiary/aromatic N) is 3. The van der Waals surface area contributed by atoms with Crippen molar-refractivity contribution in [2.45, 2.75) is 32.4 Å². The fourth-order valence-corrected chi connectivity index (χ4v) is 3.36. The number of H-pyrrole nitrogens is 1. The molecule has 0 unspecified atom stereocenters. The lowest BCUT2D eigenvalue weighted by atomic mass is 9.98. The molecule has 9 heteroatoms. The average Bonchev–Trinajstić information content (AvgIpc) is 3.15. The number of methoxy groups -OCH3 is 1. The van der Waals surface area contributed by atoms with Crippen molar-refractivity contribution >= 4 is 11.6 Å². The van der Waals surface area contributed by atoms with Crippen molar-refractivity contribution in [3.63, 3.8) is 0 Å². The van der Waals surface area contributed by atoms with Crippen molar-refractivity contribution in [1.29, 1.82) is 0 Å². The molecule has 0 saturated heterocycles. The van der Waals surface area contributed by atoms with E-state index in [0.29, 0.717) is 5.75 Å². The van der Waals surface area contributed by atoms with Gasteiger partial charge in [-0.25, -0.2) is 9.80 Å². The van der Waals surface area contributed by atoms with Gasteiger partial charge in [-0.2, -0.15) is 5.10 Å². The summed E-state index contributed by atoms with van der Waals surface area (Å²) < 4.78 is 6.39. The molecule has 1 aliphatic rings. The molecule has 0 bridgehead atoms. The first kappa shape index (κ1) is 20.1. The average molecular weight is 398 g/mol. The fraction of sp³-hybridized carbons (Fsp3) is 0.300. The van der Waals surface area contributed by atoms with Crippen molar-refractivity contribution in [2.24, 2.45) is 5.10 Å². The van der Waals surface area contributed by atoms with E-state index in [1.807, 2.05) is 18.2 Å². The molecular weight excluding hydrogens is 376 g/mol. The molecule has 1 aromatic heterocycles. The first-order valence-electron chi connectivity index (χ1n) is 9.12. The Hall–Kier alpha value is -3.62. The summed E-state index contributed by atoms with van der Waals surface area (Å²) in [6.07, 6.45) is 1.81. The van der Waals surface area contributed by atoms with E-state index in [9.17, 15) is 19.5 Å². The van der Waals surface area contributed by atoms with Gasteiger partial charge in [0.05, 0.1) is 18.9 Å². The second kappa shape index (κ2) is 8.17. The number of allylic oxidation sites excluding steroid dienone is 1. The molecule has 1 aliphatic heterocycles. The fourth-order valence-electron chi connectivity index (χ4n) is 3.36. The van der Waals surface area contributed by atoms with Gasteiger partial charge in [-0.05, 0) is 6.07 Å². The Morgan fingerprint density at radius 2 is 2.14 bits per heavy atom. The molecule has 0 saturated carbocycles. The Morgan fingerprint density at radius 1 is 1.41 bits per heavy atom. The van der Waals surface area contributed by atoms with Crippen LogP contribution in [0.5, 0.6) is 11.6 Å². The summed E-state index contributed by atoms with van der Waals surface area (Å²) in [5, 5.41) is 16.2. The number of nitrogens with one attached hydrogen (secondary N) is 1. The zero-order valence-corrected chi connectivity index (χ0v) is 16.2. The number of rotatable bonds is 6. The number of benzene rings is 1. The van der Waals surface area contributed by atoms with Gasteiger partial charge < -0.3 is 9.84 Å². The minimum Gasteiger partial charge on any atom is -0.496 e. The van der Waals surface area contributed by atoms with Crippen LogP contribution in [0.3, 0.4) is 0 Å². The van der Waals surface area contributed by atoms with Crippen molar-refractivity contribution in [3.05, 3.63) is 68.9 Å². The normalized spacial score (nSPS) is 15.9. The van der Waals surface area contributed by atoms with E-state index in [2.05, 4.69) is 16.7 Å². The molecule has 2 N–H and O–H groups in total. The van der Waals surface area contributed by atoms with Gasteiger partial charge in [0.1, 0.15) is 11.3 Å². The van der Waals surface area contributed by atoms with Gasteiger partial charge in [-0.1, -0.05) is 31.2 Å². The number of carbonyl (C=O) groups excluding carboxylic acids is 1. The molecule has 3 rings (SSSR count). The van der Waals surface area contributed by atoms with E-state index in [-0.39, 0.29) is 36.6 Å². The number of ether oxygens (including phenoxy) is 1. The molecule has 0 spiro atoms. The Kier molecular flexibility index (Phi) is 5.67. The molecule has 1 atom stereocenters. The summed E-state index contributed by atoms with van der Waals surface area (Å²) in [7, 11) is 1.53. The monoisotopic (exact) mass is 398 g/mol. The van der Waals surface area contributed by atoms with E-state index < -0.39 is 23.2 Å². The molecule has 9 nitrogen and oxygen atoms in total. The third-order valence-corrected chi connectivity index (χ3v) is 4.74. The second-order valence-corrected chi connectivity index (χ2v) is 6.46. The van der Waals surface area contributed by atoms with Gasteiger partial charge in [0.15, 0.2) is 0 Å². The van der Waals surface area contributed by atoms with Crippen molar-refractivity contribution in [2.75, 3.05) is 7.11 Å². The highest BCUT2D eigenvalue weighted by molar-refractivity contribution is 6.04. The number of hydrogen-bond donors (Lipinski definition) is 2. The summed E-state index contributed by atoms with van der Waals surface area (Å²) in [6.45, 7) is 5.27. The van der Waals surface area contributed by atoms with Gasteiger partial charge in [0.25, 0.3) is 5.56 Å². The van der Waals surface area contributed by atoms with E-state index in [1.54, 1.807) is 13.0 Å². The zero-order chi connectivity index (χ0) is 21.1. The smallest absolute Gasteiger partial charge is 0.331 e. The van der Waals surface area contributed by atoms with Gasteiger partial charge in [0, 0.05) is 24.9 Å². The highest BCUT2D eigenvalue weighted by Gasteiger charge is 2.36. The molecular formula is C20H22N4O5. The van der Waals surface area contributed by atoms with Crippen molar-refractivity contribution < 1.29 is 14.6 Å². The van der Waals surface area contributed by atoms with Crippen LogP contribution in [0.2, 0.25) is 0 Å². The molecule has 2 aromatic rings. The molecule has 0 radical (unpaired) electrons. The molecule has 1 amide bonds. The first-order chi connectivity index (χ1) is 13.9. The molecule has 0 fully saturated rings. The summed E-state index contributed by atoms with van der Waals surface area (Å²) >= 11 is 0. The number of aromatic amines is 1. The maximum atomic E-state index is 12.5. The number of aromatic nitrogens is 2. The summed E-state index contributed by atoms with van der Waals surface area (Å²) in [4.78, 5) is 39.1. The number of aromatic hydroxyl groups is 1. The second-order valence-electron chi connectivity index (χ2n) is 6.46. The number of para-hydroxylation sites is 1. The quantitative estimate of drug-likeness (QED) is 0.716. The lowest BCUT2D eigenvalue weighted by Gasteiger charge is -2.23. The third kappa shape index (κ3) is 3.58. The van der Waals surface area contributed by atoms with Crippen LogP contribution in [0.4, 0.5) is 0 Å². The Morgan fingerprint density at radius 3 is 2.79 bits per heavy atom. The Bertz CT molecular complexity index is 1100. The Balaban J connectivity index is 2.14. The topological polar surface area (TPSA) is 117 Å². The number of hydrazone groups is 1. The molecule has 29 heavy (non-hydrogen) atoms. The summed E-state index contributed by atoms with van der Waals surface area (Å²) in [5.41, 5.74) is -0.725. The SMILES string of the molecule is C=CCn1c(O)c(C2=NN(C(=O)CC)[C@H](c3ccccc3OC)C2)c(=O)[nH]c1=O. The van der Waals surface area contributed by atoms with Crippen LogP contribution >= 0.6 is 0 Å². The first-order valence-corrected chi connectivity index (χ1v) is 9.12. The number of amides is 1. The predicted octanol–water partition coefficient (Wildman–Crippen LogP) is 1.52. The van der Waals surface area contributed by atoms with E-state index in [4.69, 9.17) is 4.74 Å². The van der Waals surface area contributed by atoms with Crippen LogP contribution in [0.15, 0.2) is 51.6 Å². The third-order valence-electron chi connectivity index (χ3n) is 4.74. The highest BCUT2D eigenvalue weighted by atomic mass is 16.5. The maximum Gasteiger partial charge on any atom is 0.331 e. The maximum absolute atomic E-state index is 12.5. The van der Waals surface area contributed by atoms with Gasteiger partial charge in [-0.15, -0.1) is 6.58 Å². The van der Waals surface area contributed by atoms with Gasteiger partial charge in [0.2, 0.25) is 11.8 Å². The highest BCUT2D eigenvalue weighted by Crippen LogP contribution is 2.38. The summed E-state index contributed by atoms with van der Waals surface area (Å²) in [5.74, 6) is -0.175. The van der Waals surface area contributed by atoms with Crippen LogP contribution in [0.1, 0.15) is 36.9 Å². The lowest BCUT2D eigenvalue weighted by molar-refractivity contribution is -0.132. The predicted molar refractivity (Wildman–Crippen MR) is 107 cm³/mol. The zero-order valence-electron chi connectivity index (χ0n) is 16.2. The van der Waals surface area contributed by atoms with Crippen LogP contribution in [0, 0.1) is 0 Å². The molecule has 152 valence electrons. The van der Waals surface area contributed by atoms with Gasteiger partial charge >= 0.3 is 5.69 Å². The van der Waals surface area contributed by atoms with Crippen LogP contribution < -0.4 is 16.0 Å². The molecule has 0 aliphatic carbocycles. The number of carbonyl (C=O) groups is 1. The van der Waals surface area contributed by atoms with E-state index in [0.717, 1.165) is 10.1 Å². The molecule has 1 aromatic carbocycles. The Labute approximate surface area is 166 Å². The standard InChI is InChI=1S/C20H22N4O5/c1-4-10-23-19(27)17(18(26)21-20(23)28)13-11-14(24(22-13)16(25)5-2)12-8-6-7-9-15(12)29-3/h4,6-9,14,27H,1,5,10-11H2,2-3H3,(H,21,26,28)/t14-/m0/s1. The summed E-state index contributed by atoms with van der Waals surface area (Å²) in [6, 6.07) is 6.72. The van der Waals surface area contributed by atoms with Crippen molar-refractivity contribution in [1.82, 2.24) is 14.6 Å². The lowest BCUT2D eigenvalue weighted by Crippen LogP contribution is -2.33. The molecule has 2 heterocycles. The van der Waals surface area contributed by atoms with E-state index >= 15 is 0 Å². The largest absolute Gasteiger partial charge is 0.496 e. The minimum atomic E-state index is -0.767. The van der Waals surface area contributed by atoms with Crippen molar-refractivity contribution in [3.8, 4) is 11.6 Å². The van der Waals surface area contributed by atoms with Crippen LogP contribution in [-0.4, -0.2) is 38.4 Å². The van der Waals surface area contributed by atoms with Gasteiger partial charge in [-0.3, -0.25) is 19.1 Å². The van der Waals surface area contributed by atoms with E-state index in [1.165, 1.54) is 18.2 Å². The van der Waals surface area contributed by atoms with Crippen LogP contribution in [0.25, 0.3) is 0 Å². The number of hydrogen-bond acceptors (Lipinski definition) is 6.